The third kappa shape index (κ3) is 11.1. The number of nitrogens with one attached hydrogen (secondary N) is 1. The Morgan fingerprint density at radius 1 is 1.07 bits per heavy atom. The zero-order chi connectivity index (χ0) is 40.4. The molecule has 0 saturated carbocycles. The molecular weight excluding hydrogens is 715 g/mol. The van der Waals surface area contributed by atoms with Crippen molar-refractivity contribution in [3.63, 3.8) is 0 Å². The Balaban J connectivity index is 0.0000101. The molecule has 2 heterocycles. The Morgan fingerprint density at radius 2 is 1.69 bits per heavy atom. The lowest BCUT2D eigenvalue weighted by Crippen LogP contribution is -2.61. The van der Waals surface area contributed by atoms with E-state index in [0.29, 0.717) is 6.42 Å². The second-order valence-electron chi connectivity index (χ2n) is 15.8. The van der Waals surface area contributed by atoms with E-state index < -0.39 is 95.5 Å². The first-order valence-corrected chi connectivity index (χ1v) is 18.2. The highest BCUT2D eigenvalue weighted by Crippen LogP contribution is 2.37. The van der Waals surface area contributed by atoms with Crippen LogP contribution in [0.1, 0.15) is 87.6 Å². The number of aliphatic hydroxyl groups excluding tert-OH is 3. The van der Waals surface area contributed by atoms with Crippen LogP contribution < -0.4 is 5.32 Å². The van der Waals surface area contributed by atoms with Crippen LogP contribution in [0.5, 0.6) is 0 Å². The van der Waals surface area contributed by atoms with Gasteiger partial charge in [-0.15, -0.1) is 0 Å². The summed E-state index contributed by atoms with van der Waals surface area (Å²) < 4.78 is 58.5. The predicted molar refractivity (Wildman–Crippen MR) is 196 cm³/mol. The largest absolute Gasteiger partial charge is 0.459 e. The van der Waals surface area contributed by atoms with Crippen molar-refractivity contribution in [2.75, 3.05) is 26.0 Å². The van der Waals surface area contributed by atoms with Gasteiger partial charge >= 0.3 is 18.2 Å². The van der Waals surface area contributed by atoms with Gasteiger partial charge in [0.15, 0.2) is 6.29 Å². The SMILES string of the molecule is C.CC[C@H]1OC(=O)[C@H](C)[C@@H](O)[C@H](C)[C@@H](O[C@@H]2O[C@H](C)C[C@H](N(C)C)[C@H]2O)[C@](C)(O)C[C@@H](C)CN(C(=O)Nc2cccc(C(F)(F)F)c2)[C@H](C)[C@@H](O)[C@]1(C)O. The average Bonchev–Trinajstić information content (AvgIpc) is 3.06. The monoisotopic (exact) mass is 779 g/mol. The topological polar surface area (TPSA) is 181 Å². The molecule has 312 valence electrons. The number of nitrogens with zero attached hydrogens (tertiary/aromatic N) is 2. The summed E-state index contributed by atoms with van der Waals surface area (Å²) in [5.41, 5.74) is -5.13. The molecule has 3 rings (SSSR count). The Hall–Kier alpha value is -2.57. The van der Waals surface area contributed by atoms with Crippen LogP contribution in [0.25, 0.3) is 0 Å². The molecule has 16 heteroatoms. The number of rotatable bonds is 5. The van der Waals surface area contributed by atoms with E-state index in [-0.39, 0.29) is 44.6 Å². The molecule has 1 aromatic rings. The lowest BCUT2D eigenvalue weighted by molar-refractivity contribution is -0.299. The van der Waals surface area contributed by atoms with Crippen molar-refractivity contribution in [3.05, 3.63) is 29.8 Å². The molecule has 14 atom stereocenters. The number of cyclic esters (lactones) is 1. The van der Waals surface area contributed by atoms with Crippen molar-refractivity contribution >= 4 is 17.7 Å². The molecule has 6 N–H and O–H groups in total. The van der Waals surface area contributed by atoms with Crippen LogP contribution in [-0.4, -0.2) is 134 Å². The van der Waals surface area contributed by atoms with E-state index in [1.165, 1.54) is 33.8 Å². The molecule has 0 aromatic heterocycles. The van der Waals surface area contributed by atoms with E-state index in [1.54, 1.807) is 34.9 Å². The number of carbonyl (C=O) groups is 2. The summed E-state index contributed by atoms with van der Waals surface area (Å²) in [5, 5.41) is 60.8. The van der Waals surface area contributed by atoms with Gasteiger partial charge in [0.2, 0.25) is 0 Å². The second-order valence-corrected chi connectivity index (χ2v) is 15.8. The number of likely N-dealkylation sites (N-methyl/N-ethyl adjacent to an activating group) is 1. The summed E-state index contributed by atoms with van der Waals surface area (Å²) >= 11 is 0. The number of carbonyl (C=O) groups excluding carboxylic acids is 2. The van der Waals surface area contributed by atoms with E-state index in [1.807, 2.05) is 11.8 Å². The van der Waals surface area contributed by atoms with E-state index in [4.69, 9.17) is 14.2 Å². The van der Waals surface area contributed by atoms with Crippen molar-refractivity contribution in [3.8, 4) is 0 Å². The Bertz CT molecular complexity index is 1380. The summed E-state index contributed by atoms with van der Waals surface area (Å²) in [6, 6.07) is 1.56. The quantitative estimate of drug-likeness (QED) is 0.236. The maximum atomic E-state index is 13.9. The van der Waals surface area contributed by atoms with E-state index in [0.717, 1.165) is 23.1 Å². The highest BCUT2D eigenvalue weighted by molar-refractivity contribution is 5.89. The third-order valence-electron chi connectivity index (χ3n) is 10.9. The van der Waals surface area contributed by atoms with Gasteiger partial charge in [0.25, 0.3) is 0 Å². The van der Waals surface area contributed by atoms with Gasteiger partial charge in [0.1, 0.15) is 23.9 Å². The van der Waals surface area contributed by atoms with Crippen molar-refractivity contribution < 1.29 is 62.5 Å². The van der Waals surface area contributed by atoms with E-state index in [2.05, 4.69) is 5.32 Å². The minimum Gasteiger partial charge on any atom is -0.459 e. The summed E-state index contributed by atoms with van der Waals surface area (Å²) in [5.74, 6) is -3.72. The maximum Gasteiger partial charge on any atom is 0.416 e. The van der Waals surface area contributed by atoms with E-state index >= 15 is 0 Å². The van der Waals surface area contributed by atoms with Gasteiger partial charge in [-0.1, -0.05) is 34.3 Å². The van der Waals surface area contributed by atoms with Crippen LogP contribution in [0.4, 0.5) is 23.7 Å². The summed E-state index contributed by atoms with van der Waals surface area (Å²) in [6.07, 6.45) is -12.8. The lowest BCUT2D eigenvalue weighted by atomic mass is 9.78. The molecular formula is C38H64F3N3O10. The molecule has 0 aliphatic carbocycles. The van der Waals surface area contributed by atoms with Crippen LogP contribution in [-0.2, 0) is 25.2 Å². The molecule has 2 amide bonds. The number of aliphatic hydroxyl groups is 5. The van der Waals surface area contributed by atoms with Gasteiger partial charge in [-0.3, -0.25) is 4.79 Å². The average molecular weight is 780 g/mol. The maximum absolute atomic E-state index is 13.9. The first-order valence-electron chi connectivity index (χ1n) is 18.2. The van der Waals surface area contributed by atoms with Crippen LogP contribution in [0.2, 0.25) is 0 Å². The molecule has 2 saturated heterocycles. The number of ether oxygens (including phenoxy) is 3. The Kier molecular flexibility index (Phi) is 16.4. The molecule has 2 aliphatic heterocycles. The number of esters is 1. The number of halogens is 3. The smallest absolute Gasteiger partial charge is 0.416 e. The Labute approximate surface area is 317 Å². The fourth-order valence-electron chi connectivity index (χ4n) is 7.75. The number of hydrogen-bond acceptors (Lipinski definition) is 11. The fourth-order valence-corrected chi connectivity index (χ4v) is 7.75. The molecule has 0 bridgehead atoms. The Morgan fingerprint density at radius 3 is 2.24 bits per heavy atom. The predicted octanol–water partition coefficient (Wildman–Crippen LogP) is 4.23. The summed E-state index contributed by atoms with van der Waals surface area (Å²) in [6.45, 7) is 12.1. The summed E-state index contributed by atoms with van der Waals surface area (Å²) in [4.78, 5) is 30.4. The minimum atomic E-state index is -4.68. The van der Waals surface area contributed by atoms with Crippen molar-refractivity contribution in [1.82, 2.24) is 9.80 Å². The third-order valence-corrected chi connectivity index (χ3v) is 10.9. The lowest BCUT2D eigenvalue weighted by Gasteiger charge is -2.46. The molecule has 54 heavy (non-hydrogen) atoms. The van der Waals surface area contributed by atoms with Crippen molar-refractivity contribution in [2.24, 2.45) is 17.8 Å². The van der Waals surface area contributed by atoms with Crippen LogP contribution >= 0.6 is 0 Å². The highest BCUT2D eigenvalue weighted by Gasteiger charge is 2.50. The number of alkyl halides is 3. The fraction of sp³-hybridized carbons (Fsp3) is 0.789. The van der Waals surface area contributed by atoms with Crippen LogP contribution in [0.15, 0.2) is 24.3 Å². The second kappa shape index (κ2) is 18.6. The molecule has 2 aliphatic rings. The molecule has 0 spiro atoms. The normalized spacial score (nSPS) is 39.2. The van der Waals surface area contributed by atoms with Crippen LogP contribution in [0, 0.1) is 17.8 Å². The van der Waals surface area contributed by atoms with Crippen molar-refractivity contribution in [2.45, 2.75) is 154 Å². The standard InChI is InChI=1S/C37H60F3N3O10.CH4/c1-11-27-36(8,50)30(46)23(6)43(34(48)41-25-14-12-13-24(16-25)37(38,39)40)18-19(2)17-35(7,49)31(21(4)28(44)22(5)32(47)52-27)53-33-29(45)26(42(9)10)15-20(3)51-33;/h12-14,16,19-23,26-31,33,44-46,49-50H,11,15,17-18H2,1-10H3,(H,41,48);1H4/t19-,20-,21+,22-,23-,26+,27-,28+,29-,30-,31-,33+,35-,36-;/m1./s1. The number of urea groups is 1. The van der Waals surface area contributed by atoms with Gasteiger partial charge in [-0.05, 0) is 92.1 Å². The van der Waals surface area contributed by atoms with Gasteiger partial charge in [-0.25, -0.2) is 4.79 Å². The van der Waals surface area contributed by atoms with Gasteiger partial charge in [-0.2, -0.15) is 13.2 Å². The van der Waals surface area contributed by atoms with Gasteiger partial charge in [0.05, 0.1) is 41.4 Å². The molecule has 1 aromatic carbocycles. The minimum absolute atomic E-state index is 0. The number of amides is 2. The van der Waals surface area contributed by atoms with E-state index in [9.17, 15) is 48.3 Å². The zero-order valence-electron chi connectivity index (χ0n) is 32.4. The van der Waals surface area contributed by atoms with Crippen LogP contribution in [0.3, 0.4) is 0 Å². The van der Waals surface area contributed by atoms with Crippen molar-refractivity contribution in [1.29, 1.82) is 0 Å². The first kappa shape index (κ1) is 47.6. The molecule has 0 unspecified atom stereocenters. The van der Waals surface area contributed by atoms with Gasteiger partial charge in [0, 0.05) is 24.2 Å². The highest BCUT2D eigenvalue weighted by atomic mass is 19.4. The summed E-state index contributed by atoms with van der Waals surface area (Å²) in [7, 11) is 3.61. The van der Waals surface area contributed by atoms with Gasteiger partial charge < -0.3 is 54.9 Å². The molecule has 0 radical (unpaired) electrons. The number of anilines is 1. The first-order chi connectivity index (χ1) is 24.3. The zero-order valence-corrected chi connectivity index (χ0v) is 32.4. The molecule has 13 nitrogen and oxygen atoms in total. The number of benzene rings is 1. The number of hydrogen-bond donors (Lipinski definition) is 6. The molecule has 2 fully saturated rings.